The van der Waals surface area contributed by atoms with Gasteiger partial charge in [0.2, 0.25) is 0 Å². The first-order chi connectivity index (χ1) is 14.0. The highest BCUT2D eigenvalue weighted by atomic mass is 16.5. The van der Waals surface area contributed by atoms with E-state index in [2.05, 4.69) is 17.2 Å². The average molecular weight is 389 g/mol. The van der Waals surface area contributed by atoms with Gasteiger partial charge in [-0.25, -0.2) is 4.98 Å². The van der Waals surface area contributed by atoms with Crippen molar-refractivity contribution in [2.45, 2.75) is 19.4 Å². The summed E-state index contributed by atoms with van der Waals surface area (Å²) in [5.74, 6) is 1.65. The summed E-state index contributed by atoms with van der Waals surface area (Å²) in [6.07, 6.45) is 2.53. The molecule has 0 spiro atoms. The number of likely N-dealkylation sites (N-methyl/N-ethyl adjacent to an activating group) is 1. The maximum Gasteiger partial charge on any atom is 0.253 e. The highest BCUT2D eigenvalue weighted by Gasteiger charge is 2.19. The smallest absolute Gasteiger partial charge is 0.253 e. The van der Waals surface area contributed by atoms with Crippen LogP contribution in [0.1, 0.15) is 22.8 Å². The molecule has 29 heavy (non-hydrogen) atoms. The summed E-state index contributed by atoms with van der Waals surface area (Å²) < 4.78 is 5.44. The van der Waals surface area contributed by atoms with Crippen LogP contribution in [0.2, 0.25) is 0 Å². The van der Waals surface area contributed by atoms with E-state index >= 15 is 0 Å². The topological polar surface area (TPSA) is 54.5 Å². The summed E-state index contributed by atoms with van der Waals surface area (Å²) in [6.45, 7) is 2.05. The van der Waals surface area contributed by atoms with E-state index in [-0.39, 0.29) is 11.9 Å². The zero-order valence-electron chi connectivity index (χ0n) is 17.3. The minimum Gasteiger partial charge on any atom is -0.496 e. The van der Waals surface area contributed by atoms with Crippen molar-refractivity contribution in [3.05, 3.63) is 78.0 Å². The average Bonchev–Trinajstić information content (AvgIpc) is 2.78. The highest BCUT2D eigenvalue weighted by Crippen LogP contribution is 2.23. The predicted octanol–water partition coefficient (Wildman–Crippen LogP) is 4.50. The van der Waals surface area contributed by atoms with Crippen LogP contribution in [-0.4, -0.2) is 43.0 Å². The van der Waals surface area contributed by atoms with Crippen molar-refractivity contribution in [2.75, 3.05) is 26.5 Å². The Kier molecular flexibility index (Phi) is 6.50. The lowest BCUT2D eigenvalue weighted by Crippen LogP contribution is -2.36. The molecule has 1 aromatic heterocycles. The SMILES string of the molecule is CNc1ccc(-c2cccc(C(=O)N(C)[C@H](C)Cc3ccccc3OC)c2)cn1. The Morgan fingerprint density at radius 1 is 1.10 bits per heavy atom. The van der Waals surface area contributed by atoms with E-state index in [0.29, 0.717) is 5.56 Å². The van der Waals surface area contributed by atoms with Gasteiger partial charge in [-0.2, -0.15) is 0 Å². The summed E-state index contributed by atoms with van der Waals surface area (Å²) >= 11 is 0. The standard InChI is InChI=1S/C24H27N3O2/c1-17(14-19-8-5-6-11-22(19)29-4)27(3)24(28)20-10-7-9-18(15-20)21-12-13-23(25-2)26-16-21/h5-13,15-17H,14H2,1-4H3,(H,25,26)/t17-/m1/s1. The molecule has 5 heteroatoms. The number of nitrogens with zero attached hydrogens (tertiary/aromatic N) is 2. The van der Waals surface area contributed by atoms with Crippen LogP contribution in [0.5, 0.6) is 5.75 Å². The van der Waals surface area contributed by atoms with Crippen molar-refractivity contribution in [3.8, 4) is 16.9 Å². The summed E-state index contributed by atoms with van der Waals surface area (Å²) in [7, 11) is 5.35. The van der Waals surface area contributed by atoms with Gasteiger partial charge in [0.25, 0.3) is 5.91 Å². The van der Waals surface area contributed by atoms with Gasteiger partial charge < -0.3 is 15.0 Å². The van der Waals surface area contributed by atoms with Gasteiger partial charge >= 0.3 is 0 Å². The third-order valence-electron chi connectivity index (χ3n) is 5.15. The fourth-order valence-corrected chi connectivity index (χ4v) is 3.27. The molecule has 0 saturated carbocycles. The Morgan fingerprint density at radius 3 is 2.59 bits per heavy atom. The third kappa shape index (κ3) is 4.74. The van der Waals surface area contributed by atoms with Crippen molar-refractivity contribution in [3.63, 3.8) is 0 Å². The second-order valence-corrected chi connectivity index (χ2v) is 7.04. The number of methoxy groups -OCH3 is 1. The number of rotatable bonds is 7. The quantitative estimate of drug-likeness (QED) is 0.646. The molecular weight excluding hydrogens is 362 g/mol. The molecule has 0 fully saturated rings. The minimum atomic E-state index is -0.00551. The van der Waals surface area contributed by atoms with Crippen LogP contribution in [0, 0.1) is 0 Å². The number of benzene rings is 2. The Bertz CT molecular complexity index is 970. The number of aromatic nitrogens is 1. The maximum atomic E-state index is 13.1. The molecule has 0 saturated heterocycles. The fourth-order valence-electron chi connectivity index (χ4n) is 3.27. The zero-order chi connectivity index (χ0) is 20.8. The Morgan fingerprint density at radius 2 is 1.90 bits per heavy atom. The number of carbonyl (C=O) groups excluding carboxylic acids is 1. The second kappa shape index (κ2) is 9.24. The molecule has 3 rings (SSSR count). The Hall–Kier alpha value is -3.34. The van der Waals surface area contributed by atoms with Crippen LogP contribution in [-0.2, 0) is 6.42 Å². The lowest BCUT2D eigenvalue weighted by atomic mass is 10.0. The van der Waals surface area contributed by atoms with Crippen molar-refractivity contribution >= 4 is 11.7 Å². The summed E-state index contributed by atoms with van der Waals surface area (Å²) in [5, 5.41) is 3.01. The Labute approximate surface area is 172 Å². The van der Waals surface area contributed by atoms with E-state index in [9.17, 15) is 4.79 Å². The minimum absolute atomic E-state index is 0.00551. The molecule has 0 bridgehead atoms. The maximum absolute atomic E-state index is 13.1. The first-order valence-electron chi connectivity index (χ1n) is 9.66. The van der Waals surface area contributed by atoms with E-state index in [1.165, 1.54) is 0 Å². The van der Waals surface area contributed by atoms with E-state index in [1.54, 1.807) is 12.0 Å². The second-order valence-electron chi connectivity index (χ2n) is 7.04. The van der Waals surface area contributed by atoms with Gasteiger partial charge in [0, 0.05) is 37.5 Å². The van der Waals surface area contributed by atoms with Gasteiger partial charge in [-0.3, -0.25) is 4.79 Å². The predicted molar refractivity (Wildman–Crippen MR) is 117 cm³/mol. The number of pyridine rings is 1. The molecule has 1 N–H and O–H groups in total. The molecule has 1 atom stereocenters. The van der Waals surface area contributed by atoms with Crippen molar-refractivity contribution in [1.29, 1.82) is 0 Å². The molecule has 2 aromatic carbocycles. The van der Waals surface area contributed by atoms with E-state index in [1.807, 2.05) is 81.0 Å². The van der Waals surface area contributed by atoms with Crippen LogP contribution < -0.4 is 10.1 Å². The molecule has 150 valence electrons. The number of carbonyl (C=O) groups is 1. The van der Waals surface area contributed by atoms with Gasteiger partial charge in [-0.15, -0.1) is 0 Å². The van der Waals surface area contributed by atoms with Crippen LogP contribution in [0.25, 0.3) is 11.1 Å². The molecule has 0 aliphatic heterocycles. The van der Waals surface area contributed by atoms with Crippen LogP contribution in [0.15, 0.2) is 66.9 Å². The first kappa shape index (κ1) is 20.4. The third-order valence-corrected chi connectivity index (χ3v) is 5.15. The molecule has 3 aromatic rings. The molecular formula is C24H27N3O2. The van der Waals surface area contributed by atoms with Gasteiger partial charge in [0.05, 0.1) is 7.11 Å². The fraction of sp³-hybridized carbons (Fsp3) is 0.250. The number of hydrogen-bond donors (Lipinski definition) is 1. The molecule has 0 unspecified atom stereocenters. The van der Waals surface area contributed by atoms with Crippen molar-refractivity contribution in [1.82, 2.24) is 9.88 Å². The molecule has 0 aliphatic rings. The summed E-state index contributed by atoms with van der Waals surface area (Å²) in [5.41, 5.74) is 3.70. The molecule has 1 amide bonds. The Balaban J connectivity index is 1.76. The summed E-state index contributed by atoms with van der Waals surface area (Å²) in [6, 6.07) is 19.5. The monoisotopic (exact) mass is 389 g/mol. The number of hydrogen-bond acceptors (Lipinski definition) is 4. The zero-order valence-corrected chi connectivity index (χ0v) is 17.3. The van der Waals surface area contributed by atoms with Crippen LogP contribution in [0.4, 0.5) is 5.82 Å². The van der Waals surface area contributed by atoms with Crippen LogP contribution >= 0.6 is 0 Å². The molecule has 0 radical (unpaired) electrons. The number of nitrogens with one attached hydrogen (secondary N) is 1. The molecule has 5 nitrogen and oxygen atoms in total. The van der Waals surface area contributed by atoms with Crippen molar-refractivity contribution < 1.29 is 9.53 Å². The van der Waals surface area contributed by atoms with Gasteiger partial charge in [-0.1, -0.05) is 30.3 Å². The van der Waals surface area contributed by atoms with E-state index in [0.717, 1.165) is 34.7 Å². The van der Waals surface area contributed by atoms with Gasteiger partial charge in [0.15, 0.2) is 0 Å². The van der Waals surface area contributed by atoms with Gasteiger partial charge in [-0.05, 0) is 54.8 Å². The lowest BCUT2D eigenvalue weighted by molar-refractivity contribution is 0.0743. The number of para-hydroxylation sites is 1. The first-order valence-corrected chi connectivity index (χ1v) is 9.66. The molecule has 0 aliphatic carbocycles. The number of anilines is 1. The van der Waals surface area contributed by atoms with Crippen LogP contribution in [0.3, 0.4) is 0 Å². The van der Waals surface area contributed by atoms with E-state index < -0.39 is 0 Å². The highest BCUT2D eigenvalue weighted by molar-refractivity contribution is 5.95. The summed E-state index contributed by atoms with van der Waals surface area (Å²) in [4.78, 5) is 19.2. The lowest BCUT2D eigenvalue weighted by Gasteiger charge is -2.26. The normalized spacial score (nSPS) is 11.6. The molecule has 1 heterocycles. The largest absolute Gasteiger partial charge is 0.496 e. The van der Waals surface area contributed by atoms with Gasteiger partial charge in [0.1, 0.15) is 11.6 Å². The number of amides is 1. The number of ether oxygens (including phenoxy) is 1. The van der Waals surface area contributed by atoms with Crippen molar-refractivity contribution in [2.24, 2.45) is 0 Å². The van der Waals surface area contributed by atoms with E-state index in [4.69, 9.17) is 4.74 Å².